The fraction of sp³-hybridized carbons (Fsp3) is 0.551. The van der Waals surface area contributed by atoms with E-state index in [2.05, 4.69) is 34.1 Å². The average Bonchev–Trinajstić information content (AvgIpc) is 3.29. The molecule has 3 aliphatic heterocycles. The number of carbonyl (C=O) groups is 2. The van der Waals surface area contributed by atoms with E-state index < -0.39 is 47.3 Å². The number of carbonyl (C=O) groups excluding carboxylic acids is 2. The summed E-state index contributed by atoms with van der Waals surface area (Å²) in [5, 5.41) is 8.92. The van der Waals surface area contributed by atoms with Crippen molar-refractivity contribution < 1.29 is 50.0 Å². The molecule has 0 aromatic heterocycles. The van der Waals surface area contributed by atoms with E-state index in [4.69, 9.17) is 14.8 Å². The quantitative estimate of drug-likeness (QED) is 0.122. The Bertz CT molecular complexity index is 2520. The lowest BCUT2D eigenvalue weighted by atomic mass is 9.97. The van der Waals surface area contributed by atoms with Gasteiger partial charge in [0.1, 0.15) is 11.6 Å². The summed E-state index contributed by atoms with van der Waals surface area (Å²) in [5.74, 6) is 9.25. The molecule has 3 unspecified atom stereocenters. The molecular formula is C49H69ClF2N6O9S2. The van der Waals surface area contributed by atoms with Gasteiger partial charge in [-0.25, -0.2) is 41.4 Å². The second kappa shape index (κ2) is 26.8. The topological polar surface area (TPSA) is 178 Å². The van der Waals surface area contributed by atoms with Crippen LogP contribution < -0.4 is 11.0 Å². The molecule has 0 bridgehead atoms. The smallest absolute Gasteiger partial charge is 0.264 e. The maximum absolute atomic E-state index is 14.6. The number of hydroxylamine groups is 2. The molecular weight excluding hydrogens is 954 g/mol. The molecule has 1 saturated heterocycles. The number of hydrogen-bond donors (Lipinski definition) is 3. The minimum Gasteiger partial charge on any atom is -0.350 e. The van der Waals surface area contributed by atoms with Crippen molar-refractivity contribution in [1.29, 1.82) is 0 Å². The standard InChI is InChI=1S/C27H38FN3O5S.C22H30FN3O4S.ClH/c1-27(37(4,33)34,26(32)29-36-25-9-5-6-19-35-25)14-18-31-16-12-21(13-17-31)23-11-10-22(24(28)20-23)8-7-15-30(2)3;1-22(21(27)24-28,31(4,29)30)11-15-26-13-9-17(10-14-26)19-8-7-18(20(23)16-19)6-5-12-25(2)3;/h10-12,20,25H,5-6,9,13-19H2,1-4H3,(H,29,32);7-9,16,28H,10-15H2,1-4H3,(H,24,27);1H. The Hall–Kier alpha value is -4.25. The molecule has 0 aliphatic carbocycles. The highest BCUT2D eigenvalue weighted by molar-refractivity contribution is 7.93. The van der Waals surface area contributed by atoms with Crippen molar-refractivity contribution in [2.75, 3.05) is 99.7 Å². The molecule has 3 heterocycles. The third-order valence-electron chi connectivity index (χ3n) is 12.4. The third kappa shape index (κ3) is 17.2. The molecule has 15 nitrogen and oxygen atoms in total. The lowest BCUT2D eigenvalue weighted by molar-refractivity contribution is -0.201. The molecule has 1 fully saturated rings. The normalized spacial score (nSPS) is 18.5. The van der Waals surface area contributed by atoms with Gasteiger partial charge in [-0.05, 0) is 127 Å². The molecule has 3 aliphatic rings. The Kier molecular flexibility index (Phi) is 23.0. The van der Waals surface area contributed by atoms with Crippen molar-refractivity contribution in [1.82, 2.24) is 30.6 Å². The number of rotatable bonds is 16. The van der Waals surface area contributed by atoms with E-state index in [1.165, 1.54) is 31.5 Å². The van der Waals surface area contributed by atoms with Crippen molar-refractivity contribution >= 4 is 55.0 Å². The van der Waals surface area contributed by atoms with Crippen LogP contribution in [0.2, 0.25) is 0 Å². The molecule has 69 heavy (non-hydrogen) atoms. The van der Waals surface area contributed by atoms with E-state index in [9.17, 15) is 35.2 Å². The van der Waals surface area contributed by atoms with E-state index >= 15 is 0 Å². The van der Waals surface area contributed by atoms with E-state index in [1.807, 2.05) is 67.2 Å². The van der Waals surface area contributed by atoms with Crippen molar-refractivity contribution in [3.05, 3.63) is 82.4 Å². The van der Waals surface area contributed by atoms with Crippen LogP contribution in [0.15, 0.2) is 48.6 Å². The van der Waals surface area contributed by atoms with Crippen molar-refractivity contribution in [3.8, 4) is 23.7 Å². The molecule has 0 saturated carbocycles. The Morgan fingerprint density at radius 1 is 0.783 bits per heavy atom. The zero-order valence-corrected chi connectivity index (χ0v) is 43.4. The minimum absolute atomic E-state index is 0. The van der Waals surface area contributed by atoms with E-state index in [0.29, 0.717) is 89.4 Å². The Morgan fingerprint density at radius 3 is 1.58 bits per heavy atom. The molecule has 3 N–H and O–H groups in total. The van der Waals surface area contributed by atoms with Crippen LogP contribution in [-0.2, 0) is 38.8 Å². The van der Waals surface area contributed by atoms with Gasteiger partial charge in [0, 0.05) is 64.8 Å². The highest BCUT2D eigenvalue weighted by atomic mass is 35.5. The van der Waals surface area contributed by atoms with E-state index in [-0.39, 0.29) is 36.9 Å². The Morgan fingerprint density at radius 2 is 1.23 bits per heavy atom. The maximum atomic E-state index is 14.6. The van der Waals surface area contributed by atoms with Crippen molar-refractivity contribution in [3.63, 3.8) is 0 Å². The summed E-state index contributed by atoms with van der Waals surface area (Å²) in [6.07, 6.45) is 9.55. The van der Waals surface area contributed by atoms with Crippen LogP contribution in [0.5, 0.6) is 0 Å². The number of nitrogens with zero attached hydrogens (tertiary/aromatic N) is 4. The van der Waals surface area contributed by atoms with Gasteiger partial charge < -0.3 is 4.74 Å². The summed E-state index contributed by atoms with van der Waals surface area (Å²) in [7, 11) is 0.172. The first kappa shape index (κ1) is 59.1. The van der Waals surface area contributed by atoms with Crippen LogP contribution in [-0.4, -0.2) is 169 Å². The van der Waals surface area contributed by atoms with Crippen molar-refractivity contribution in [2.45, 2.75) is 74.6 Å². The molecule has 3 atom stereocenters. The number of ether oxygens (including phenoxy) is 1. The molecule has 0 radical (unpaired) electrons. The maximum Gasteiger partial charge on any atom is 0.264 e. The number of hydrogen-bond acceptors (Lipinski definition) is 13. The van der Waals surface area contributed by atoms with Gasteiger partial charge in [-0.15, -0.1) is 12.4 Å². The first-order valence-electron chi connectivity index (χ1n) is 22.6. The predicted molar refractivity (Wildman–Crippen MR) is 267 cm³/mol. The molecule has 5 rings (SSSR count). The monoisotopic (exact) mass is 1020 g/mol. The second-order valence-electron chi connectivity index (χ2n) is 18.3. The van der Waals surface area contributed by atoms with Gasteiger partial charge >= 0.3 is 0 Å². The molecule has 2 aromatic rings. The number of halogens is 3. The van der Waals surface area contributed by atoms with Crippen LogP contribution >= 0.6 is 12.4 Å². The Balaban J connectivity index is 0.000000366. The number of benzene rings is 2. The summed E-state index contributed by atoms with van der Waals surface area (Å²) in [4.78, 5) is 38.1. The second-order valence-corrected chi connectivity index (χ2v) is 23.2. The summed E-state index contributed by atoms with van der Waals surface area (Å²) >= 11 is 0. The van der Waals surface area contributed by atoms with Crippen molar-refractivity contribution in [2.24, 2.45) is 0 Å². The van der Waals surface area contributed by atoms with Gasteiger partial charge in [-0.3, -0.25) is 34.4 Å². The number of nitrogens with one attached hydrogen (secondary N) is 2. The molecule has 382 valence electrons. The van der Waals surface area contributed by atoms with Crippen LogP contribution in [0.25, 0.3) is 11.1 Å². The lowest BCUT2D eigenvalue weighted by Crippen LogP contribution is -2.52. The average molecular weight is 1020 g/mol. The summed E-state index contributed by atoms with van der Waals surface area (Å²) in [6, 6.07) is 10.1. The van der Waals surface area contributed by atoms with Crippen LogP contribution in [0.1, 0.15) is 81.0 Å². The Labute approximate surface area is 414 Å². The fourth-order valence-corrected chi connectivity index (χ4v) is 9.08. The van der Waals surface area contributed by atoms with E-state index in [1.54, 1.807) is 12.1 Å². The molecule has 0 spiro atoms. The van der Waals surface area contributed by atoms with Gasteiger partial charge in [0.25, 0.3) is 11.8 Å². The first-order valence-corrected chi connectivity index (χ1v) is 26.4. The SMILES string of the molecule is CN(C)CC#Cc1ccc(C2=CCN(CCC(C)(C(=O)NO)S(C)(=O)=O)CC2)cc1F.CN(C)CC#Cc1ccc(C2=CCN(CCC(C)(C(=O)NOC3CCCCO3)S(C)(=O)=O)CC2)cc1F.Cl. The summed E-state index contributed by atoms with van der Waals surface area (Å²) in [6.45, 7) is 7.65. The van der Waals surface area contributed by atoms with Gasteiger partial charge in [0.15, 0.2) is 35.5 Å². The third-order valence-corrected chi connectivity index (χ3v) is 16.5. The highest BCUT2D eigenvalue weighted by Gasteiger charge is 2.45. The van der Waals surface area contributed by atoms with Crippen LogP contribution in [0.3, 0.4) is 0 Å². The largest absolute Gasteiger partial charge is 0.350 e. The zero-order valence-electron chi connectivity index (χ0n) is 41.0. The van der Waals surface area contributed by atoms with Crippen LogP contribution in [0, 0.1) is 35.3 Å². The van der Waals surface area contributed by atoms with Gasteiger partial charge in [-0.1, -0.05) is 48.0 Å². The predicted octanol–water partition coefficient (Wildman–Crippen LogP) is 4.54. The first-order chi connectivity index (χ1) is 32.0. The minimum atomic E-state index is -3.72. The molecule has 20 heteroatoms. The van der Waals surface area contributed by atoms with Gasteiger partial charge in [0.2, 0.25) is 0 Å². The summed E-state index contributed by atoms with van der Waals surface area (Å²) in [5.41, 5.74) is 8.20. The summed E-state index contributed by atoms with van der Waals surface area (Å²) < 4.78 is 80.4. The van der Waals surface area contributed by atoms with Crippen LogP contribution in [0.4, 0.5) is 8.78 Å². The number of sulfone groups is 2. The number of amides is 2. The van der Waals surface area contributed by atoms with E-state index in [0.717, 1.165) is 47.6 Å². The highest BCUT2D eigenvalue weighted by Crippen LogP contribution is 2.29. The van der Waals surface area contributed by atoms with Gasteiger partial charge in [0.05, 0.1) is 24.2 Å². The zero-order chi connectivity index (χ0) is 50.3. The lowest BCUT2D eigenvalue weighted by Gasteiger charge is -2.32. The fourth-order valence-electron chi connectivity index (χ4n) is 7.40. The van der Waals surface area contributed by atoms with Gasteiger partial charge in [-0.2, -0.15) is 0 Å². The molecule has 2 aromatic carbocycles. The molecule has 2 amide bonds.